The molecule has 0 fully saturated rings. The summed E-state index contributed by atoms with van der Waals surface area (Å²) in [7, 11) is -3.65. The predicted molar refractivity (Wildman–Crippen MR) is 70.3 cm³/mol. The predicted octanol–water partition coefficient (Wildman–Crippen LogP) is 1.29. The van der Waals surface area contributed by atoms with E-state index in [1.165, 1.54) is 30.7 Å². The molecule has 0 aliphatic rings. The highest BCUT2D eigenvalue weighted by Crippen LogP contribution is 2.12. The lowest BCUT2D eigenvalue weighted by Crippen LogP contribution is -2.36. The minimum absolute atomic E-state index is 0.0184. The molecule has 1 heterocycles. The first-order valence-corrected chi connectivity index (χ1v) is 7.35. The van der Waals surface area contributed by atoms with E-state index in [1.54, 1.807) is 13.0 Å². The molecule has 0 aliphatic carbocycles. The van der Waals surface area contributed by atoms with E-state index < -0.39 is 21.9 Å². The molecule has 2 N–H and O–H groups in total. The molecule has 0 bridgehead atoms. The molecule has 8 heteroatoms. The first kappa shape index (κ1) is 14.5. The van der Waals surface area contributed by atoms with Gasteiger partial charge in [-0.05, 0) is 19.1 Å². The maximum Gasteiger partial charge on any atom is 0.257 e. The second kappa shape index (κ2) is 6.02. The molecule has 1 unspecified atom stereocenters. The summed E-state index contributed by atoms with van der Waals surface area (Å²) in [6.45, 7) is 1.73. The fourth-order valence-electron chi connectivity index (χ4n) is 1.53. The van der Waals surface area contributed by atoms with Crippen LogP contribution in [0, 0.1) is 5.82 Å². The van der Waals surface area contributed by atoms with Crippen molar-refractivity contribution in [2.75, 3.05) is 6.61 Å². The quantitative estimate of drug-likeness (QED) is 0.842. The summed E-state index contributed by atoms with van der Waals surface area (Å²) in [5, 5.41) is -0.0184. The Morgan fingerprint density at radius 1 is 1.50 bits per heavy atom. The molecule has 0 aliphatic heterocycles. The average Bonchev–Trinajstić information content (AvgIpc) is 2.90. The van der Waals surface area contributed by atoms with Gasteiger partial charge in [0.25, 0.3) is 10.0 Å². The zero-order valence-electron chi connectivity index (χ0n) is 10.7. The van der Waals surface area contributed by atoms with E-state index in [-0.39, 0.29) is 11.6 Å². The topological polar surface area (TPSA) is 84.1 Å². The number of hydrogen-bond acceptors (Lipinski definition) is 4. The first-order chi connectivity index (χ1) is 9.47. The number of nitrogens with zero attached hydrogens (tertiary/aromatic N) is 1. The van der Waals surface area contributed by atoms with Crippen LogP contribution in [0.1, 0.15) is 6.92 Å². The standard InChI is InChI=1S/C12H14FN3O3S/c1-9(7-19-11-4-2-3-10(13)5-11)16-20(17,18)12-6-14-8-15-12/h2-6,8-9,16H,7H2,1H3,(H,14,15). The van der Waals surface area contributed by atoms with Crippen molar-refractivity contribution in [3.05, 3.63) is 42.6 Å². The Morgan fingerprint density at radius 2 is 2.30 bits per heavy atom. The lowest BCUT2D eigenvalue weighted by Gasteiger charge is -2.14. The Hall–Kier alpha value is -1.93. The Labute approximate surface area is 116 Å². The second-order valence-corrected chi connectivity index (χ2v) is 5.89. The van der Waals surface area contributed by atoms with Crippen LogP contribution in [0.25, 0.3) is 0 Å². The Kier molecular flexibility index (Phi) is 4.35. The van der Waals surface area contributed by atoms with Gasteiger partial charge in [-0.15, -0.1) is 0 Å². The van der Waals surface area contributed by atoms with Gasteiger partial charge in [0.2, 0.25) is 0 Å². The molecule has 2 aromatic rings. The summed E-state index contributed by atoms with van der Waals surface area (Å²) >= 11 is 0. The van der Waals surface area contributed by atoms with Crippen molar-refractivity contribution in [2.45, 2.75) is 18.0 Å². The van der Waals surface area contributed by atoms with Gasteiger partial charge in [0.1, 0.15) is 18.2 Å². The summed E-state index contributed by atoms with van der Waals surface area (Å²) in [5.74, 6) is -0.0641. The number of sulfonamides is 1. The number of halogens is 1. The Bertz CT molecular complexity index is 658. The lowest BCUT2D eigenvalue weighted by atomic mass is 10.3. The molecule has 0 saturated carbocycles. The third-order valence-electron chi connectivity index (χ3n) is 2.42. The van der Waals surface area contributed by atoms with Crippen molar-refractivity contribution in [2.24, 2.45) is 0 Å². The Morgan fingerprint density at radius 3 is 2.95 bits per heavy atom. The fraction of sp³-hybridized carbons (Fsp3) is 0.250. The van der Waals surface area contributed by atoms with Crippen molar-refractivity contribution in [1.82, 2.24) is 14.7 Å². The summed E-state index contributed by atoms with van der Waals surface area (Å²) in [6.07, 6.45) is 2.49. The van der Waals surface area contributed by atoms with E-state index in [9.17, 15) is 12.8 Å². The summed E-state index contributed by atoms with van der Waals surface area (Å²) in [6, 6.07) is 5.17. The average molecular weight is 299 g/mol. The SMILES string of the molecule is CC(COc1cccc(F)c1)NS(=O)(=O)c1cnc[nH]1. The number of aromatic amines is 1. The number of H-pyrrole nitrogens is 1. The molecule has 0 radical (unpaired) electrons. The first-order valence-electron chi connectivity index (χ1n) is 5.86. The fourth-order valence-corrected chi connectivity index (χ4v) is 2.66. The van der Waals surface area contributed by atoms with Crippen LogP contribution in [0.4, 0.5) is 4.39 Å². The van der Waals surface area contributed by atoms with Crippen LogP contribution >= 0.6 is 0 Å². The summed E-state index contributed by atoms with van der Waals surface area (Å²) in [4.78, 5) is 6.16. The molecule has 1 aromatic heterocycles. The van der Waals surface area contributed by atoms with Crippen molar-refractivity contribution >= 4 is 10.0 Å². The lowest BCUT2D eigenvalue weighted by molar-refractivity contribution is 0.286. The number of nitrogens with one attached hydrogen (secondary N) is 2. The van der Waals surface area contributed by atoms with Crippen LogP contribution in [0.5, 0.6) is 5.75 Å². The van der Waals surface area contributed by atoms with Gasteiger partial charge < -0.3 is 9.72 Å². The molecule has 1 aromatic carbocycles. The smallest absolute Gasteiger partial charge is 0.257 e. The zero-order valence-corrected chi connectivity index (χ0v) is 11.5. The van der Waals surface area contributed by atoms with E-state index in [2.05, 4.69) is 14.7 Å². The van der Waals surface area contributed by atoms with Crippen molar-refractivity contribution < 1.29 is 17.5 Å². The van der Waals surface area contributed by atoms with Crippen LogP contribution in [-0.4, -0.2) is 31.0 Å². The van der Waals surface area contributed by atoms with Gasteiger partial charge in [-0.25, -0.2) is 22.5 Å². The van der Waals surface area contributed by atoms with Crippen LogP contribution in [0.3, 0.4) is 0 Å². The number of aromatic nitrogens is 2. The minimum atomic E-state index is -3.65. The van der Waals surface area contributed by atoms with Crippen molar-refractivity contribution in [1.29, 1.82) is 0 Å². The van der Waals surface area contributed by atoms with E-state index in [1.807, 2.05) is 0 Å². The molecular weight excluding hydrogens is 285 g/mol. The number of rotatable bonds is 6. The molecule has 0 saturated heterocycles. The molecule has 6 nitrogen and oxygen atoms in total. The monoisotopic (exact) mass is 299 g/mol. The van der Waals surface area contributed by atoms with Gasteiger partial charge in [-0.2, -0.15) is 0 Å². The number of hydrogen-bond donors (Lipinski definition) is 2. The largest absolute Gasteiger partial charge is 0.492 e. The minimum Gasteiger partial charge on any atom is -0.492 e. The number of ether oxygens (including phenoxy) is 1. The zero-order chi connectivity index (χ0) is 14.6. The molecule has 108 valence electrons. The van der Waals surface area contributed by atoms with Gasteiger partial charge in [0.05, 0.1) is 18.6 Å². The van der Waals surface area contributed by atoms with Crippen molar-refractivity contribution in [3.8, 4) is 5.75 Å². The van der Waals surface area contributed by atoms with Crippen molar-refractivity contribution in [3.63, 3.8) is 0 Å². The Balaban J connectivity index is 1.91. The number of benzene rings is 1. The van der Waals surface area contributed by atoms with Crippen LogP contribution < -0.4 is 9.46 Å². The maximum atomic E-state index is 12.9. The molecular formula is C12H14FN3O3S. The third kappa shape index (κ3) is 3.78. The second-order valence-electron chi connectivity index (χ2n) is 4.21. The molecule has 0 spiro atoms. The van der Waals surface area contributed by atoms with Gasteiger partial charge in [-0.3, -0.25) is 0 Å². The highest BCUT2D eigenvalue weighted by Gasteiger charge is 2.18. The number of imidazole rings is 1. The molecule has 20 heavy (non-hydrogen) atoms. The molecule has 1 atom stereocenters. The van der Waals surface area contributed by atoms with Crippen LogP contribution in [0.2, 0.25) is 0 Å². The van der Waals surface area contributed by atoms with E-state index >= 15 is 0 Å². The van der Waals surface area contributed by atoms with Gasteiger partial charge >= 0.3 is 0 Å². The molecule has 0 amide bonds. The third-order valence-corrected chi connectivity index (χ3v) is 3.93. The highest BCUT2D eigenvalue weighted by molar-refractivity contribution is 7.89. The highest BCUT2D eigenvalue weighted by atomic mass is 32.2. The van der Waals surface area contributed by atoms with Crippen LogP contribution in [-0.2, 0) is 10.0 Å². The summed E-state index contributed by atoms with van der Waals surface area (Å²) in [5.41, 5.74) is 0. The van der Waals surface area contributed by atoms with Gasteiger partial charge in [0, 0.05) is 6.07 Å². The van der Waals surface area contributed by atoms with Gasteiger partial charge in [-0.1, -0.05) is 6.07 Å². The summed E-state index contributed by atoms with van der Waals surface area (Å²) < 4.78 is 44.4. The van der Waals surface area contributed by atoms with E-state index in [0.29, 0.717) is 5.75 Å². The van der Waals surface area contributed by atoms with E-state index in [4.69, 9.17) is 4.74 Å². The van der Waals surface area contributed by atoms with Gasteiger partial charge in [0.15, 0.2) is 5.03 Å². The molecule has 2 rings (SSSR count). The normalized spacial score (nSPS) is 13.1. The van der Waals surface area contributed by atoms with E-state index in [0.717, 1.165) is 0 Å². The van der Waals surface area contributed by atoms with Crippen LogP contribution in [0.15, 0.2) is 41.8 Å². The maximum absolute atomic E-state index is 12.9.